The van der Waals surface area contributed by atoms with E-state index in [1.54, 1.807) is 6.92 Å². The van der Waals surface area contributed by atoms with Gasteiger partial charge in [-0.15, -0.1) is 0 Å². The number of urea groups is 1. The van der Waals surface area contributed by atoms with Gasteiger partial charge in [-0.25, -0.2) is 9.59 Å². The van der Waals surface area contributed by atoms with Gasteiger partial charge in [-0.1, -0.05) is 24.6 Å². The van der Waals surface area contributed by atoms with Crippen molar-refractivity contribution in [2.75, 3.05) is 6.61 Å². The lowest BCUT2D eigenvalue weighted by Crippen LogP contribution is -2.45. The van der Waals surface area contributed by atoms with Gasteiger partial charge >= 0.3 is 12.0 Å². The molecule has 1 aromatic rings. The van der Waals surface area contributed by atoms with E-state index >= 15 is 0 Å². The maximum absolute atomic E-state index is 12.9. The zero-order valence-electron chi connectivity index (χ0n) is 15.3. The van der Waals surface area contributed by atoms with Crippen LogP contribution in [-0.2, 0) is 9.53 Å². The molecule has 3 rings (SSSR count). The largest absolute Gasteiger partial charge is 0.494 e. The third kappa shape index (κ3) is 4.00. The van der Waals surface area contributed by atoms with E-state index in [-0.39, 0.29) is 18.1 Å². The van der Waals surface area contributed by atoms with E-state index in [4.69, 9.17) is 9.47 Å². The van der Waals surface area contributed by atoms with Crippen LogP contribution in [0.2, 0.25) is 0 Å². The van der Waals surface area contributed by atoms with E-state index in [0.29, 0.717) is 23.6 Å². The number of esters is 1. The van der Waals surface area contributed by atoms with Crippen LogP contribution < -0.4 is 15.4 Å². The lowest BCUT2D eigenvalue weighted by Gasteiger charge is -2.30. The molecule has 26 heavy (non-hydrogen) atoms. The van der Waals surface area contributed by atoms with E-state index < -0.39 is 6.04 Å². The number of amides is 2. The van der Waals surface area contributed by atoms with Crippen molar-refractivity contribution in [1.29, 1.82) is 0 Å². The van der Waals surface area contributed by atoms with E-state index in [0.717, 1.165) is 31.2 Å². The van der Waals surface area contributed by atoms with Crippen LogP contribution in [0.3, 0.4) is 0 Å². The molecule has 0 aromatic heterocycles. The van der Waals surface area contributed by atoms with Gasteiger partial charge in [-0.3, -0.25) is 0 Å². The summed E-state index contributed by atoms with van der Waals surface area (Å²) in [5, 5.41) is 5.53. The van der Waals surface area contributed by atoms with Crippen LogP contribution in [0.5, 0.6) is 5.75 Å². The average Bonchev–Trinajstić information content (AvgIpc) is 2.62. The number of hydrogen-bond acceptors (Lipinski definition) is 4. The maximum Gasteiger partial charge on any atom is 0.338 e. The SMILES string of the molecule is CCOc1ccccc1[C@H]1NC(=O)NC(C)=C1C(=O)OC1CCCCC1. The van der Waals surface area contributed by atoms with Crippen molar-refractivity contribution >= 4 is 12.0 Å². The molecule has 0 unspecified atom stereocenters. The van der Waals surface area contributed by atoms with Crippen LogP contribution in [0.1, 0.15) is 57.6 Å². The Morgan fingerprint density at radius 3 is 2.65 bits per heavy atom. The van der Waals surface area contributed by atoms with Gasteiger partial charge < -0.3 is 20.1 Å². The maximum atomic E-state index is 12.9. The zero-order valence-corrected chi connectivity index (χ0v) is 15.3. The molecule has 0 bridgehead atoms. The molecule has 1 aliphatic carbocycles. The number of carbonyl (C=O) groups excluding carboxylic acids is 2. The minimum Gasteiger partial charge on any atom is -0.494 e. The van der Waals surface area contributed by atoms with Gasteiger partial charge in [-0.2, -0.15) is 0 Å². The Hall–Kier alpha value is -2.50. The quantitative estimate of drug-likeness (QED) is 0.789. The number of rotatable bonds is 5. The number of nitrogens with one attached hydrogen (secondary N) is 2. The smallest absolute Gasteiger partial charge is 0.338 e. The predicted octanol–water partition coefficient (Wildman–Crippen LogP) is 3.59. The molecule has 2 N–H and O–H groups in total. The minimum absolute atomic E-state index is 0.0445. The van der Waals surface area contributed by atoms with E-state index in [1.807, 2.05) is 31.2 Å². The van der Waals surface area contributed by atoms with Crippen LogP contribution in [0.15, 0.2) is 35.5 Å². The highest BCUT2D eigenvalue weighted by Gasteiger charge is 2.35. The lowest BCUT2D eigenvalue weighted by atomic mass is 9.94. The summed E-state index contributed by atoms with van der Waals surface area (Å²) >= 11 is 0. The molecule has 0 radical (unpaired) electrons. The molecule has 0 saturated heterocycles. The summed E-state index contributed by atoms with van der Waals surface area (Å²) in [4.78, 5) is 25.0. The van der Waals surface area contributed by atoms with E-state index in [9.17, 15) is 9.59 Å². The number of benzene rings is 1. The third-order valence-corrected chi connectivity index (χ3v) is 4.84. The van der Waals surface area contributed by atoms with Crippen molar-refractivity contribution in [2.24, 2.45) is 0 Å². The van der Waals surface area contributed by atoms with Crippen LogP contribution in [0.4, 0.5) is 4.79 Å². The molecule has 2 amide bonds. The summed E-state index contributed by atoms with van der Waals surface area (Å²) in [6.45, 7) is 4.13. The molecule has 1 aromatic carbocycles. The van der Waals surface area contributed by atoms with E-state index in [2.05, 4.69) is 10.6 Å². The summed E-state index contributed by atoms with van der Waals surface area (Å²) in [5.41, 5.74) is 1.70. The topological polar surface area (TPSA) is 76.7 Å². The molecule has 1 atom stereocenters. The summed E-state index contributed by atoms with van der Waals surface area (Å²) in [6, 6.07) is 6.50. The molecule has 140 valence electrons. The van der Waals surface area contributed by atoms with E-state index in [1.165, 1.54) is 6.42 Å². The van der Waals surface area contributed by atoms with Gasteiger partial charge in [0.25, 0.3) is 0 Å². The average molecular weight is 358 g/mol. The Balaban J connectivity index is 1.90. The zero-order chi connectivity index (χ0) is 18.5. The van der Waals surface area contributed by atoms with Gasteiger partial charge in [0, 0.05) is 11.3 Å². The van der Waals surface area contributed by atoms with Crippen LogP contribution in [-0.4, -0.2) is 24.7 Å². The normalized spacial score (nSPS) is 21.0. The first kappa shape index (κ1) is 18.3. The Morgan fingerprint density at radius 1 is 1.19 bits per heavy atom. The molecule has 6 heteroatoms. The Kier molecular flexibility index (Phi) is 5.81. The highest BCUT2D eigenvalue weighted by atomic mass is 16.5. The van der Waals surface area contributed by atoms with Crippen LogP contribution in [0, 0.1) is 0 Å². The van der Waals surface area contributed by atoms with Crippen LogP contribution in [0.25, 0.3) is 0 Å². The first-order valence-electron chi connectivity index (χ1n) is 9.31. The molecule has 2 aliphatic rings. The van der Waals surface area contributed by atoms with Gasteiger partial charge in [0.05, 0.1) is 18.2 Å². The minimum atomic E-state index is -0.595. The van der Waals surface area contributed by atoms with Gasteiger partial charge in [0.2, 0.25) is 0 Å². The molecular weight excluding hydrogens is 332 g/mol. The first-order valence-corrected chi connectivity index (χ1v) is 9.31. The van der Waals surface area contributed by atoms with Gasteiger partial charge in [0.1, 0.15) is 11.9 Å². The molecule has 1 aliphatic heterocycles. The molecule has 1 fully saturated rings. The van der Waals surface area contributed by atoms with Crippen molar-refractivity contribution in [3.8, 4) is 5.75 Å². The Labute approximate surface area is 153 Å². The lowest BCUT2D eigenvalue weighted by molar-refractivity contribution is -0.146. The highest BCUT2D eigenvalue weighted by Crippen LogP contribution is 2.34. The second-order valence-electron chi connectivity index (χ2n) is 6.71. The fraction of sp³-hybridized carbons (Fsp3) is 0.500. The second kappa shape index (κ2) is 8.25. The van der Waals surface area contributed by atoms with Crippen molar-refractivity contribution in [3.05, 3.63) is 41.1 Å². The molecular formula is C20H26N2O4. The summed E-state index contributed by atoms with van der Waals surface area (Å²) in [6.07, 6.45) is 5.12. The molecule has 1 saturated carbocycles. The summed E-state index contributed by atoms with van der Waals surface area (Å²) in [5.74, 6) is 0.274. The van der Waals surface area contributed by atoms with Crippen molar-refractivity contribution < 1.29 is 19.1 Å². The van der Waals surface area contributed by atoms with Crippen molar-refractivity contribution in [1.82, 2.24) is 10.6 Å². The second-order valence-corrected chi connectivity index (χ2v) is 6.71. The summed E-state index contributed by atoms with van der Waals surface area (Å²) in [7, 11) is 0. The third-order valence-electron chi connectivity index (χ3n) is 4.84. The fourth-order valence-corrected chi connectivity index (χ4v) is 3.60. The monoisotopic (exact) mass is 358 g/mol. The number of carbonyl (C=O) groups is 2. The fourth-order valence-electron chi connectivity index (χ4n) is 3.60. The predicted molar refractivity (Wildman–Crippen MR) is 97.7 cm³/mol. The number of allylic oxidation sites excluding steroid dienone is 1. The van der Waals surface area contributed by atoms with Crippen molar-refractivity contribution in [2.45, 2.75) is 58.1 Å². The van der Waals surface area contributed by atoms with Crippen LogP contribution >= 0.6 is 0 Å². The number of ether oxygens (including phenoxy) is 2. The number of hydrogen-bond donors (Lipinski definition) is 2. The molecule has 6 nitrogen and oxygen atoms in total. The number of para-hydroxylation sites is 1. The van der Waals surface area contributed by atoms with Gasteiger partial charge in [-0.05, 0) is 45.6 Å². The standard InChI is InChI=1S/C20H26N2O4/c1-3-25-16-12-8-7-11-15(16)18-17(13(2)21-20(24)22-18)19(23)26-14-9-5-4-6-10-14/h7-8,11-12,14,18H,3-6,9-10H2,1-2H3,(H2,21,22,24)/t18-/m1/s1. The van der Waals surface area contributed by atoms with Gasteiger partial charge in [0.15, 0.2) is 0 Å². The molecule has 0 spiro atoms. The summed E-state index contributed by atoms with van der Waals surface area (Å²) < 4.78 is 11.5. The Bertz CT molecular complexity index is 708. The first-order chi connectivity index (χ1) is 12.6. The van der Waals surface area contributed by atoms with Crippen molar-refractivity contribution in [3.63, 3.8) is 0 Å². The Morgan fingerprint density at radius 2 is 1.92 bits per heavy atom. The highest BCUT2D eigenvalue weighted by molar-refractivity contribution is 5.95. The molecule has 1 heterocycles.